The lowest BCUT2D eigenvalue weighted by Crippen LogP contribution is -1.36. The predicted octanol–water partition coefficient (Wildman–Crippen LogP) is 1.50. The molecule has 0 aliphatic rings. The molecule has 2 unspecified atom stereocenters. The number of rotatable bonds is 1. The molecule has 0 aromatic rings. The summed E-state index contributed by atoms with van der Waals surface area (Å²) in [4.78, 5) is 0. The lowest BCUT2D eigenvalue weighted by Gasteiger charge is -1.85. The van der Waals surface area contributed by atoms with Crippen LogP contribution in [-0.2, 0) is 0 Å². The van der Waals surface area contributed by atoms with Crippen LogP contribution in [0.2, 0.25) is 0 Å². The third-order valence-corrected chi connectivity index (χ3v) is 1.16. The maximum atomic E-state index is 3.67. The highest BCUT2D eigenvalue weighted by molar-refractivity contribution is 8.12. The van der Waals surface area contributed by atoms with E-state index in [9.17, 15) is 0 Å². The molecule has 0 aliphatic carbocycles. The maximum Gasteiger partial charge on any atom is 0.0295 e. The van der Waals surface area contributed by atoms with Crippen LogP contribution >= 0.6 is 16.7 Å². The van der Waals surface area contributed by atoms with Crippen molar-refractivity contribution in [3.63, 3.8) is 0 Å². The summed E-state index contributed by atoms with van der Waals surface area (Å²) < 4.78 is 3.67. The third kappa shape index (κ3) is 4.53. The smallest absolute Gasteiger partial charge is 0.0295 e. The van der Waals surface area contributed by atoms with Gasteiger partial charge in [0.05, 0.1) is 0 Å². The summed E-state index contributed by atoms with van der Waals surface area (Å²) >= 11 is 0. The summed E-state index contributed by atoms with van der Waals surface area (Å²) in [6, 6.07) is 0. The summed E-state index contributed by atoms with van der Waals surface area (Å²) in [7, 11) is 2.40. The number of hydrogen-bond donors (Lipinski definition) is 0. The van der Waals surface area contributed by atoms with E-state index >= 15 is 0 Å². The average Bonchev–Trinajstić information content (AvgIpc) is 1.38. The van der Waals surface area contributed by atoms with Gasteiger partial charge in [0, 0.05) is 7.76 Å². The molecule has 0 aliphatic heterocycles. The van der Waals surface area contributed by atoms with E-state index in [4.69, 9.17) is 0 Å². The summed E-state index contributed by atoms with van der Waals surface area (Å²) in [5.74, 6) is 0. The molecule has 2 atom stereocenters. The molecule has 0 rings (SSSR count). The minimum Gasteiger partial charge on any atom is -0.273 e. The Bertz CT molecular complexity index is 34.6. The fraction of sp³-hybridized carbons (Fsp3) is 0.500. The molecule has 0 radical (unpaired) electrons. The molecule has 0 N–H and O–H groups in total. The van der Waals surface area contributed by atoms with E-state index in [-0.39, 0.29) is 7.76 Å². The summed E-state index contributed by atoms with van der Waals surface area (Å²) in [5, 5.41) is 0. The minimum absolute atomic E-state index is 0.168. The number of nitrogens with zero attached hydrogens (tertiary/aromatic N) is 1. The Kier molecular flexibility index (Phi) is 3.04. The van der Waals surface area contributed by atoms with Gasteiger partial charge in [-0.3, -0.25) is 4.76 Å². The predicted molar refractivity (Wildman–Crippen MR) is 32.1 cm³/mol. The van der Waals surface area contributed by atoms with Gasteiger partial charge < -0.3 is 0 Å². The molecular formula is C2H7NP2. The molecule has 0 saturated heterocycles. The molecule has 0 bridgehead atoms. The Morgan fingerprint density at radius 1 is 2.00 bits per heavy atom. The van der Waals surface area contributed by atoms with Crippen molar-refractivity contribution in [1.82, 2.24) is 0 Å². The molecule has 0 saturated carbocycles. The van der Waals surface area contributed by atoms with Crippen molar-refractivity contribution in [2.45, 2.75) is 0 Å². The van der Waals surface area contributed by atoms with Crippen LogP contribution < -0.4 is 0 Å². The zero-order valence-electron chi connectivity index (χ0n) is 3.18. The van der Waals surface area contributed by atoms with Crippen molar-refractivity contribution in [1.29, 1.82) is 0 Å². The van der Waals surface area contributed by atoms with Crippen LogP contribution in [0.1, 0.15) is 0 Å². The molecule has 0 fully saturated rings. The standard InChI is InChI=1S/C2H7NP2/c1-3-5(2)4/h1,4H2,2H3. The van der Waals surface area contributed by atoms with Crippen LogP contribution in [0.4, 0.5) is 0 Å². The maximum absolute atomic E-state index is 3.67. The first kappa shape index (κ1) is 5.53. The van der Waals surface area contributed by atoms with E-state index in [1.165, 1.54) is 0 Å². The van der Waals surface area contributed by atoms with Gasteiger partial charge in [0.25, 0.3) is 0 Å². The molecule has 0 amide bonds. The van der Waals surface area contributed by atoms with E-state index in [0.29, 0.717) is 0 Å². The van der Waals surface area contributed by atoms with E-state index < -0.39 is 0 Å². The van der Waals surface area contributed by atoms with E-state index in [0.717, 1.165) is 0 Å². The highest BCUT2D eigenvalue weighted by Crippen LogP contribution is 2.39. The summed E-state index contributed by atoms with van der Waals surface area (Å²) in [6.07, 6.45) is 0. The third-order valence-electron chi connectivity index (χ3n) is 0.223. The Balaban J connectivity index is 2.83. The normalized spacial score (nSPS) is 14.0. The fourth-order valence-corrected chi connectivity index (χ4v) is 0. The van der Waals surface area contributed by atoms with Crippen molar-refractivity contribution in [2.75, 3.05) is 6.66 Å². The van der Waals surface area contributed by atoms with Gasteiger partial charge in [0.1, 0.15) is 0 Å². The SMILES string of the molecule is C=NP(C)P. The molecule has 30 valence electrons. The van der Waals surface area contributed by atoms with Gasteiger partial charge >= 0.3 is 0 Å². The lowest BCUT2D eigenvalue weighted by molar-refractivity contribution is 1.97. The molecule has 0 spiro atoms. The van der Waals surface area contributed by atoms with Crippen LogP contribution in [0, 0.1) is 0 Å². The second-order valence-corrected chi connectivity index (χ2v) is 4.39. The fourth-order valence-electron chi connectivity index (χ4n) is 0. The zero-order chi connectivity index (χ0) is 4.28. The van der Waals surface area contributed by atoms with Crippen molar-refractivity contribution in [3.8, 4) is 0 Å². The molecule has 0 aromatic heterocycles. The molecule has 1 nitrogen and oxygen atoms in total. The van der Waals surface area contributed by atoms with Crippen molar-refractivity contribution in [3.05, 3.63) is 0 Å². The van der Waals surface area contributed by atoms with Crippen LogP contribution in [0.25, 0.3) is 0 Å². The average molecular weight is 107 g/mol. The van der Waals surface area contributed by atoms with Crippen molar-refractivity contribution in [2.24, 2.45) is 4.76 Å². The monoisotopic (exact) mass is 107 g/mol. The molecule has 3 heteroatoms. The van der Waals surface area contributed by atoms with E-state index in [1.807, 2.05) is 6.66 Å². The van der Waals surface area contributed by atoms with E-state index in [1.54, 1.807) is 0 Å². The van der Waals surface area contributed by atoms with Crippen molar-refractivity contribution >= 4 is 23.4 Å². The zero-order valence-corrected chi connectivity index (χ0v) is 5.23. The Labute approximate surface area is 35.8 Å². The molecule has 0 heterocycles. The van der Waals surface area contributed by atoms with E-state index in [2.05, 4.69) is 20.4 Å². The van der Waals surface area contributed by atoms with Crippen molar-refractivity contribution < 1.29 is 0 Å². The second-order valence-electron chi connectivity index (χ2n) is 0.715. The van der Waals surface area contributed by atoms with Gasteiger partial charge in [0.2, 0.25) is 0 Å². The van der Waals surface area contributed by atoms with Gasteiger partial charge in [0.15, 0.2) is 0 Å². The van der Waals surface area contributed by atoms with Gasteiger partial charge in [-0.2, -0.15) is 0 Å². The molecule has 5 heavy (non-hydrogen) atoms. The Morgan fingerprint density at radius 3 is 2.20 bits per heavy atom. The highest BCUT2D eigenvalue weighted by atomic mass is 32.0. The van der Waals surface area contributed by atoms with Gasteiger partial charge in [-0.25, -0.2) is 0 Å². The summed E-state index contributed by atoms with van der Waals surface area (Å²) in [5.41, 5.74) is 0. The van der Waals surface area contributed by atoms with Crippen LogP contribution in [-0.4, -0.2) is 13.4 Å². The quantitative estimate of drug-likeness (QED) is 0.355. The molecular weight excluding hydrogens is 100.0 g/mol. The van der Waals surface area contributed by atoms with Gasteiger partial charge in [-0.15, -0.1) is 0 Å². The van der Waals surface area contributed by atoms with Crippen LogP contribution in [0.15, 0.2) is 4.76 Å². The van der Waals surface area contributed by atoms with Gasteiger partial charge in [-0.05, 0) is 13.4 Å². The Morgan fingerprint density at radius 2 is 2.20 bits per heavy atom. The minimum atomic E-state index is -0.168. The molecule has 0 aromatic carbocycles. The summed E-state index contributed by atoms with van der Waals surface area (Å²) in [6.45, 7) is 5.34. The number of hydrogen-bond acceptors (Lipinski definition) is 1. The Hall–Kier alpha value is 0.530. The second kappa shape index (κ2) is 2.75. The first-order valence-corrected chi connectivity index (χ1v) is 4.58. The lowest BCUT2D eigenvalue weighted by atomic mass is 11.8. The largest absolute Gasteiger partial charge is 0.273 e. The van der Waals surface area contributed by atoms with Gasteiger partial charge in [-0.1, -0.05) is 8.93 Å². The topological polar surface area (TPSA) is 12.4 Å². The van der Waals surface area contributed by atoms with Crippen LogP contribution in [0.3, 0.4) is 0 Å². The first-order chi connectivity index (χ1) is 2.27. The highest BCUT2D eigenvalue weighted by Gasteiger charge is 1.73. The van der Waals surface area contributed by atoms with Crippen LogP contribution in [0.5, 0.6) is 0 Å². The first-order valence-electron chi connectivity index (χ1n) is 1.22.